The minimum absolute atomic E-state index is 0.0954. The van der Waals surface area contributed by atoms with Crippen LogP contribution in [0.2, 0.25) is 0 Å². The zero-order valence-corrected chi connectivity index (χ0v) is 14.4. The van der Waals surface area contributed by atoms with Crippen LogP contribution in [0.25, 0.3) is 0 Å². The first-order valence-corrected chi connectivity index (χ1v) is 7.94. The first kappa shape index (κ1) is 19.3. The maximum absolute atomic E-state index is 12.4. The van der Waals surface area contributed by atoms with Crippen LogP contribution in [0.5, 0.6) is 5.75 Å². The summed E-state index contributed by atoms with van der Waals surface area (Å²) in [6.07, 6.45) is 0. The molecule has 2 aromatic rings. The molecule has 2 aromatic carbocycles. The van der Waals surface area contributed by atoms with Crippen LogP contribution in [0.1, 0.15) is 18.1 Å². The van der Waals surface area contributed by atoms with Gasteiger partial charge in [-0.2, -0.15) is 14.0 Å². The number of hydrogen-bond acceptors (Lipinski definition) is 4. The Morgan fingerprint density at radius 3 is 2.35 bits per heavy atom. The molecule has 2 rings (SSSR count). The van der Waals surface area contributed by atoms with E-state index in [1.54, 1.807) is 50.4 Å². The number of alkyl halides is 2. The van der Waals surface area contributed by atoms with Crippen molar-refractivity contribution in [2.45, 2.75) is 26.1 Å². The van der Waals surface area contributed by atoms with Gasteiger partial charge >= 0.3 is 6.61 Å². The minimum atomic E-state index is -2.85. The second-order valence-corrected chi connectivity index (χ2v) is 5.79. The number of nitriles is 1. The molecule has 0 heterocycles. The van der Waals surface area contributed by atoms with Gasteiger partial charge in [0.2, 0.25) is 5.91 Å². The number of benzene rings is 2. The molecule has 0 spiro atoms. The number of halogens is 2. The molecule has 0 aliphatic rings. The van der Waals surface area contributed by atoms with E-state index >= 15 is 0 Å². The number of carbonyl (C=O) groups is 1. The molecule has 0 aromatic heterocycles. The monoisotopic (exact) mass is 359 g/mol. The zero-order valence-electron chi connectivity index (χ0n) is 14.4. The average molecular weight is 359 g/mol. The molecule has 1 amide bonds. The van der Waals surface area contributed by atoms with Gasteiger partial charge in [-0.05, 0) is 55.9 Å². The summed E-state index contributed by atoms with van der Waals surface area (Å²) in [5, 5.41) is 11.6. The molecule has 136 valence electrons. The predicted molar refractivity (Wildman–Crippen MR) is 93.8 cm³/mol. The summed E-state index contributed by atoms with van der Waals surface area (Å²) >= 11 is 0. The van der Waals surface area contributed by atoms with E-state index in [4.69, 9.17) is 5.26 Å². The lowest BCUT2D eigenvalue weighted by Gasteiger charge is -2.24. The summed E-state index contributed by atoms with van der Waals surface area (Å²) in [7, 11) is 1.80. The molecule has 1 N–H and O–H groups in total. The Hall–Kier alpha value is -2.98. The Morgan fingerprint density at radius 1 is 1.19 bits per heavy atom. The summed E-state index contributed by atoms with van der Waals surface area (Å²) in [6.45, 7) is -0.612. The lowest BCUT2D eigenvalue weighted by molar-refractivity contribution is -0.120. The fourth-order valence-corrected chi connectivity index (χ4v) is 2.28. The first-order valence-electron chi connectivity index (χ1n) is 7.94. The number of likely N-dealkylation sites (N-methyl/N-ethyl adjacent to an activating group) is 1. The Kier molecular flexibility index (Phi) is 6.64. The van der Waals surface area contributed by atoms with Gasteiger partial charge in [0.25, 0.3) is 0 Å². The van der Waals surface area contributed by atoms with Gasteiger partial charge in [0.15, 0.2) is 0 Å². The normalized spacial score (nSPS) is 11.9. The quantitative estimate of drug-likeness (QED) is 0.820. The van der Waals surface area contributed by atoms with Crippen LogP contribution in [0.15, 0.2) is 48.5 Å². The second-order valence-electron chi connectivity index (χ2n) is 5.79. The summed E-state index contributed by atoms with van der Waals surface area (Å²) in [6, 6.07) is 14.5. The van der Waals surface area contributed by atoms with E-state index in [1.807, 2.05) is 11.0 Å². The highest BCUT2D eigenvalue weighted by Crippen LogP contribution is 2.17. The molecule has 0 bridgehead atoms. The van der Waals surface area contributed by atoms with Gasteiger partial charge in [0.1, 0.15) is 5.75 Å². The molecule has 1 atom stereocenters. The van der Waals surface area contributed by atoms with E-state index in [-0.39, 0.29) is 11.7 Å². The SMILES string of the molecule is C[C@H](C(=O)Nc1ccc(C#N)cc1)N(C)Cc1ccc(OC(F)F)cc1. The maximum atomic E-state index is 12.4. The van der Waals surface area contributed by atoms with E-state index in [9.17, 15) is 13.6 Å². The molecule has 0 aliphatic carbocycles. The van der Waals surface area contributed by atoms with Gasteiger partial charge in [0.05, 0.1) is 17.7 Å². The number of carbonyl (C=O) groups excluding carboxylic acids is 1. The van der Waals surface area contributed by atoms with Gasteiger partial charge in [-0.3, -0.25) is 9.69 Å². The number of anilines is 1. The van der Waals surface area contributed by atoms with Crippen LogP contribution in [0.3, 0.4) is 0 Å². The van der Waals surface area contributed by atoms with Gasteiger partial charge in [-0.25, -0.2) is 0 Å². The predicted octanol–water partition coefficient (Wildman–Crippen LogP) is 3.62. The molecular formula is C19H19F2N3O2. The van der Waals surface area contributed by atoms with Crippen LogP contribution in [-0.4, -0.2) is 30.5 Å². The molecule has 0 saturated heterocycles. The van der Waals surface area contributed by atoms with E-state index < -0.39 is 12.7 Å². The number of amides is 1. The highest BCUT2D eigenvalue weighted by atomic mass is 19.3. The highest BCUT2D eigenvalue weighted by molar-refractivity contribution is 5.94. The number of nitrogens with one attached hydrogen (secondary N) is 1. The number of hydrogen-bond donors (Lipinski definition) is 1. The smallest absolute Gasteiger partial charge is 0.387 e. The van der Waals surface area contributed by atoms with E-state index in [0.717, 1.165) is 5.56 Å². The van der Waals surface area contributed by atoms with Crippen LogP contribution in [0, 0.1) is 11.3 Å². The highest BCUT2D eigenvalue weighted by Gasteiger charge is 2.18. The Balaban J connectivity index is 1.92. The molecule has 0 saturated carbocycles. The van der Waals surface area contributed by atoms with Crippen molar-refractivity contribution in [2.75, 3.05) is 12.4 Å². The van der Waals surface area contributed by atoms with E-state index in [2.05, 4.69) is 10.1 Å². The van der Waals surface area contributed by atoms with Crippen LogP contribution in [-0.2, 0) is 11.3 Å². The number of ether oxygens (including phenoxy) is 1. The molecular weight excluding hydrogens is 340 g/mol. The maximum Gasteiger partial charge on any atom is 0.387 e. The van der Waals surface area contributed by atoms with Crippen molar-refractivity contribution < 1.29 is 18.3 Å². The fourth-order valence-electron chi connectivity index (χ4n) is 2.28. The molecule has 0 fully saturated rings. The average Bonchev–Trinajstić information content (AvgIpc) is 2.62. The fraction of sp³-hybridized carbons (Fsp3) is 0.263. The van der Waals surface area contributed by atoms with Crippen molar-refractivity contribution in [1.29, 1.82) is 5.26 Å². The lowest BCUT2D eigenvalue weighted by atomic mass is 10.1. The van der Waals surface area contributed by atoms with Crippen LogP contribution >= 0.6 is 0 Å². The van der Waals surface area contributed by atoms with Crippen molar-refractivity contribution in [1.82, 2.24) is 4.90 Å². The van der Waals surface area contributed by atoms with Crippen LogP contribution in [0.4, 0.5) is 14.5 Å². The van der Waals surface area contributed by atoms with Gasteiger partial charge in [-0.15, -0.1) is 0 Å². The van der Waals surface area contributed by atoms with Crippen LogP contribution < -0.4 is 10.1 Å². The topological polar surface area (TPSA) is 65.4 Å². The van der Waals surface area contributed by atoms with Gasteiger partial charge in [0, 0.05) is 12.2 Å². The lowest BCUT2D eigenvalue weighted by Crippen LogP contribution is -2.39. The minimum Gasteiger partial charge on any atom is -0.435 e. The van der Waals surface area contributed by atoms with Gasteiger partial charge in [-0.1, -0.05) is 12.1 Å². The third kappa shape index (κ3) is 5.53. The molecule has 5 nitrogen and oxygen atoms in total. The summed E-state index contributed by atoms with van der Waals surface area (Å²) in [5.41, 5.74) is 2.00. The number of nitrogens with zero attached hydrogens (tertiary/aromatic N) is 2. The summed E-state index contributed by atoms with van der Waals surface area (Å²) in [4.78, 5) is 14.2. The Labute approximate surface area is 150 Å². The van der Waals surface area contributed by atoms with Crippen molar-refractivity contribution >= 4 is 11.6 Å². The molecule has 7 heteroatoms. The first-order chi connectivity index (χ1) is 12.4. The molecule has 0 unspecified atom stereocenters. The van der Waals surface area contributed by atoms with E-state index in [0.29, 0.717) is 17.8 Å². The van der Waals surface area contributed by atoms with E-state index in [1.165, 1.54) is 12.1 Å². The van der Waals surface area contributed by atoms with Crippen molar-refractivity contribution in [2.24, 2.45) is 0 Å². The second kappa shape index (κ2) is 8.92. The van der Waals surface area contributed by atoms with Crippen molar-refractivity contribution in [3.63, 3.8) is 0 Å². The molecule has 0 aliphatic heterocycles. The third-order valence-corrected chi connectivity index (χ3v) is 3.90. The summed E-state index contributed by atoms with van der Waals surface area (Å²) in [5.74, 6) is -0.0899. The largest absolute Gasteiger partial charge is 0.435 e. The Morgan fingerprint density at radius 2 is 1.81 bits per heavy atom. The molecule has 26 heavy (non-hydrogen) atoms. The Bertz CT molecular complexity index is 771. The number of rotatable bonds is 7. The van der Waals surface area contributed by atoms with Crippen molar-refractivity contribution in [3.8, 4) is 11.8 Å². The summed E-state index contributed by atoms with van der Waals surface area (Å²) < 4.78 is 28.6. The molecule has 0 radical (unpaired) electrons. The van der Waals surface area contributed by atoms with Gasteiger partial charge < -0.3 is 10.1 Å². The zero-order chi connectivity index (χ0) is 19.1. The van der Waals surface area contributed by atoms with Crippen molar-refractivity contribution in [3.05, 3.63) is 59.7 Å². The standard InChI is InChI=1S/C19H19F2N3O2/c1-13(18(25)23-16-7-3-14(11-22)4-8-16)24(2)12-15-5-9-17(10-6-15)26-19(20)21/h3-10,13,19H,12H2,1-2H3,(H,23,25)/t13-/m1/s1. The third-order valence-electron chi connectivity index (χ3n) is 3.90.